The van der Waals surface area contributed by atoms with Gasteiger partial charge in [0.1, 0.15) is 17.3 Å². The number of halogens is 1. The fraction of sp³-hybridized carbons (Fsp3) is 0.333. The smallest absolute Gasteiger partial charge is 0.260 e. The van der Waals surface area contributed by atoms with Crippen LogP contribution < -0.4 is 19.3 Å². The van der Waals surface area contributed by atoms with Gasteiger partial charge < -0.3 is 14.4 Å². The van der Waals surface area contributed by atoms with Crippen molar-refractivity contribution >= 4 is 32.6 Å². The third-order valence-electron chi connectivity index (χ3n) is 4.47. The Kier molecular flexibility index (Phi) is 6.66. The van der Waals surface area contributed by atoms with Gasteiger partial charge in [0.2, 0.25) is 0 Å². The normalized spacial score (nSPS) is 11.1. The lowest BCUT2D eigenvalue weighted by Crippen LogP contribution is -3.05. The van der Waals surface area contributed by atoms with Crippen LogP contribution in [0.5, 0.6) is 11.5 Å². The van der Waals surface area contributed by atoms with E-state index in [2.05, 4.69) is 19.1 Å². The monoisotopic (exact) mass is 418 g/mol. The number of nitrogens with zero attached hydrogens (tertiary/aromatic N) is 2. The van der Waals surface area contributed by atoms with E-state index in [4.69, 9.17) is 9.47 Å². The van der Waals surface area contributed by atoms with E-state index in [1.54, 1.807) is 43.4 Å². The van der Waals surface area contributed by atoms with Gasteiger partial charge in [0.25, 0.3) is 5.91 Å². The summed E-state index contributed by atoms with van der Waals surface area (Å²) in [5.74, 6) is 0.559. The number of methoxy groups -OCH3 is 2. The first-order valence-corrected chi connectivity index (χ1v) is 10.1. The van der Waals surface area contributed by atoms with Gasteiger partial charge in [-0.2, -0.15) is 0 Å². The molecule has 154 valence electrons. The first-order valence-electron chi connectivity index (χ1n) is 9.31. The molecule has 1 amide bonds. The molecule has 0 saturated heterocycles. The Morgan fingerprint density at radius 2 is 1.83 bits per heavy atom. The van der Waals surface area contributed by atoms with Crippen molar-refractivity contribution in [2.75, 3.05) is 46.3 Å². The molecule has 6 nitrogen and oxygen atoms in total. The first kappa shape index (κ1) is 21.0. The van der Waals surface area contributed by atoms with E-state index in [1.165, 1.54) is 28.4 Å². The minimum atomic E-state index is -0.320. The highest BCUT2D eigenvalue weighted by atomic mass is 32.1. The molecule has 0 aliphatic heterocycles. The zero-order valence-corrected chi connectivity index (χ0v) is 17.8. The second kappa shape index (κ2) is 9.19. The second-order valence-corrected chi connectivity index (χ2v) is 7.99. The molecule has 8 heteroatoms. The number of anilines is 1. The van der Waals surface area contributed by atoms with Crippen LogP contribution in [0.25, 0.3) is 10.2 Å². The molecule has 1 aromatic heterocycles. The maximum Gasteiger partial charge on any atom is 0.260 e. The number of rotatable bonds is 8. The molecule has 0 aliphatic carbocycles. The number of aromatic nitrogens is 1. The predicted octanol–water partition coefficient (Wildman–Crippen LogP) is 2.63. The predicted molar refractivity (Wildman–Crippen MR) is 113 cm³/mol. The van der Waals surface area contributed by atoms with Crippen LogP contribution in [0.3, 0.4) is 0 Å². The minimum Gasteiger partial charge on any atom is -0.497 e. The maximum absolute atomic E-state index is 13.6. The number of thiazole rings is 1. The average molecular weight is 419 g/mol. The van der Waals surface area contributed by atoms with Crippen LogP contribution in [-0.2, 0) is 0 Å². The van der Waals surface area contributed by atoms with Gasteiger partial charge in [-0.05, 0) is 30.3 Å². The van der Waals surface area contributed by atoms with E-state index < -0.39 is 0 Å². The fourth-order valence-electron chi connectivity index (χ4n) is 2.96. The number of quaternary nitrogens is 1. The maximum atomic E-state index is 13.6. The van der Waals surface area contributed by atoms with Crippen LogP contribution in [0, 0.1) is 5.82 Å². The molecule has 0 unspecified atom stereocenters. The van der Waals surface area contributed by atoms with Crippen molar-refractivity contribution in [3.8, 4) is 11.5 Å². The summed E-state index contributed by atoms with van der Waals surface area (Å²) in [6.07, 6.45) is 0.805. The summed E-state index contributed by atoms with van der Waals surface area (Å²) in [5.41, 5.74) is 1.12. The molecule has 3 aromatic rings. The summed E-state index contributed by atoms with van der Waals surface area (Å²) in [6, 6.07) is 9.53. The molecule has 2 aromatic carbocycles. The van der Waals surface area contributed by atoms with Crippen molar-refractivity contribution in [2.45, 2.75) is 6.42 Å². The summed E-state index contributed by atoms with van der Waals surface area (Å²) in [7, 11) is 7.23. The molecule has 0 saturated carbocycles. The van der Waals surface area contributed by atoms with Crippen LogP contribution in [0.15, 0.2) is 36.4 Å². The Hall–Kier alpha value is -2.71. The van der Waals surface area contributed by atoms with Gasteiger partial charge in [-0.15, -0.1) is 0 Å². The van der Waals surface area contributed by atoms with Crippen molar-refractivity contribution in [3.05, 3.63) is 47.8 Å². The number of fused-ring (bicyclic) bond motifs is 1. The van der Waals surface area contributed by atoms with Gasteiger partial charge in [0.05, 0.1) is 45.1 Å². The molecule has 29 heavy (non-hydrogen) atoms. The van der Waals surface area contributed by atoms with E-state index in [9.17, 15) is 9.18 Å². The Morgan fingerprint density at radius 1 is 1.14 bits per heavy atom. The Labute approximate surface area is 173 Å². The van der Waals surface area contributed by atoms with Crippen molar-refractivity contribution in [2.24, 2.45) is 0 Å². The van der Waals surface area contributed by atoms with Gasteiger partial charge in [-0.3, -0.25) is 9.69 Å². The molecule has 1 heterocycles. The summed E-state index contributed by atoms with van der Waals surface area (Å²) >= 11 is 1.31. The minimum absolute atomic E-state index is 0.199. The number of carbonyl (C=O) groups is 1. The van der Waals surface area contributed by atoms with Crippen LogP contribution in [-0.4, -0.2) is 52.3 Å². The molecule has 0 aliphatic rings. The van der Waals surface area contributed by atoms with Crippen molar-refractivity contribution in [1.82, 2.24) is 4.98 Å². The van der Waals surface area contributed by atoms with E-state index in [1.807, 2.05) is 0 Å². The lowest BCUT2D eigenvalue weighted by Gasteiger charge is -2.21. The van der Waals surface area contributed by atoms with Crippen molar-refractivity contribution in [3.63, 3.8) is 0 Å². The molecule has 0 spiro atoms. The van der Waals surface area contributed by atoms with Crippen molar-refractivity contribution < 1.29 is 23.6 Å². The largest absolute Gasteiger partial charge is 0.497 e. The van der Waals surface area contributed by atoms with Crippen LogP contribution in [0.2, 0.25) is 0 Å². The lowest BCUT2D eigenvalue weighted by atomic mass is 10.1. The lowest BCUT2D eigenvalue weighted by molar-refractivity contribution is -0.858. The van der Waals surface area contributed by atoms with E-state index >= 15 is 0 Å². The number of amides is 1. The van der Waals surface area contributed by atoms with E-state index in [0.717, 1.165) is 13.0 Å². The molecule has 1 N–H and O–H groups in total. The van der Waals surface area contributed by atoms with Gasteiger partial charge in [0, 0.05) is 24.6 Å². The quantitative estimate of drug-likeness (QED) is 0.611. The SMILES string of the molecule is COc1cc(OC)cc(C(=O)N(CCC[NH+](C)C)c2nc3ccc(F)cc3s2)c1. The Morgan fingerprint density at radius 3 is 2.45 bits per heavy atom. The zero-order valence-electron chi connectivity index (χ0n) is 17.0. The molecule has 3 rings (SSSR count). The zero-order chi connectivity index (χ0) is 21.0. The highest BCUT2D eigenvalue weighted by molar-refractivity contribution is 7.22. The Balaban J connectivity index is 1.98. The van der Waals surface area contributed by atoms with Gasteiger partial charge >= 0.3 is 0 Å². The van der Waals surface area contributed by atoms with E-state index in [0.29, 0.717) is 39.0 Å². The topological polar surface area (TPSA) is 56.1 Å². The number of nitrogens with one attached hydrogen (secondary N) is 1. The highest BCUT2D eigenvalue weighted by Crippen LogP contribution is 2.31. The molecule has 0 radical (unpaired) electrons. The molecular formula is C21H25FN3O3S+. The van der Waals surface area contributed by atoms with Crippen molar-refractivity contribution in [1.29, 1.82) is 0 Å². The number of hydrogen-bond donors (Lipinski definition) is 1. The third-order valence-corrected chi connectivity index (χ3v) is 5.51. The average Bonchev–Trinajstić information content (AvgIpc) is 3.12. The fourth-order valence-corrected chi connectivity index (χ4v) is 3.98. The summed E-state index contributed by atoms with van der Waals surface area (Å²) in [4.78, 5) is 20.9. The van der Waals surface area contributed by atoms with Gasteiger partial charge in [0.15, 0.2) is 5.13 Å². The molecule has 0 atom stereocenters. The third kappa shape index (κ3) is 5.02. The first-order chi connectivity index (χ1) is 13.9. The summed E-state index contributed by atoms with van der Waals surface area (Å²) in [5, 5.41) is 0.547. The number of carbonyl (C=O) groups excluding carboxylic acids is 1. The molecular weight excluding hydrogens is 393 g/mol. The Bertz CT molecular complexity index is 984. The second-order valence-electron chi connectivity index (χ2n) is 6.98. The van der Waals surface area contributed by atoms with Crippen LogP contribution in [0.1, 0.15) is 16.8 Å². The van der Waals surface area contributed by atoms with Crippen LogP contribution in [0.4, 0.5) is 9.52 Å². The number of hydrogen-bond acceptors (Lipinski definition) is 5. The van der Waals surface area contributed by atoms with Gasteiger partial charge in [-0.25, -0.2) is 9.37 Å². The van der Waals surface area contributed by atoms with E-state index in [-0.39, 0.29) is 11.7 Å². The van der Waals surface area contributed by atoms with Crippen LogP contribution >= 0.6 is 11.3 Å². The standard InChI is InChI=1S/C21H24FN3O3S/c1-24(2)8-5-9-25(21-23-18-7-6-15(22)12-19(18)29-21)20(26)14-10-16(27-3)13-17(11-14)28-4/h6-7,10-13H,5,8-9H2,1-4H3/p+1. The number of benzene rings is 2. The molecule has 0 bridgehead atoms. The van der Waals surface area contributed by atoms with Gasteiger partial charge in [-0.1, -0.05) is 11.3 Å². The summed E-state index contributed by atoms with van der Waals surface area (Å²) < 4.78 is 24.9. The molecule has 0 fully saturated rings. The highest BCUT2D eigenvalue weighted by Gasteiger charge is 2.23. The number of ether oxygens (including phenoxy) is 2. The summed E-state index contributed by atoms with van der Waals surface area (Å²) in [6.45, 7) is 1.41.